The van der Waals surface area contributed by atoms with Crippen LogP contribution in [0.1, 0.15) is 46.8 Å². The minimum Gasteiger partial charge on any atom is -0.493 e. The largest absolute Gasteiger partial charge is 0.493 e. The molecule has 0 unspecified atom stereocenters. The molecule has 1 fully saturated rings. The summed E-state index contributed by atoms with van der Waals surface area (Å²) in [6, 6.07) is 18.1. The van der Waals surface area contributed by atoms with Gasteiger partial charge in [0.15, 0.2) is 11.5 Å². The molecule has 1 aliphatic heterocycles. The van der Waals surface area contributed by atoms with E-state index in [9.17, 15) is 14.4 Å². The summed E-state index contributed by atoms with van der Waals surface area (Å²) in [5, 5.41) is -0.349. The first kappa shape index (κ1) is 28.7. The Hall–Kier alpha value is -3.31. The van der Waals surface area contributed by atoms with E-state index < -0.39 is 5.97 Å². The summed E-state index contributed by atoms with van der Waals surface area (Å²) >= 11 is 2.93. The SMILES string of the molecule is COc1cc(/C=C2\SC(=O)N(CCOc3cc(C)ccc3C(C)C)C2=O)cc(I)c1OC(=O)c1ccccc1. The number of rotatable bonds is 9. The van der Waals surface area contributed by atoms with Crippen molar-refractivity contribution in [1.29, 1.82) is 0 Å². The van der Waals surface area contributed by atoms with Crippen LogP contribution in [0.15, 0.2) is 65.6 Å². The van der Waals surface area contributed by atoms with E-state index in [1.165, 1.54) is 12.0 Å². The molecule has 4 rings (SSSR count). The number of esters is 1. The maximum atomic E-state index is 13.1. The molecule has 0 N–H and O–H groups in total. The number of aryl methyl sites for hydroxylation is 1. The number of ether oxygens (including phenoxy) is 3. The fourth-order valence-electron chi connectivity index (χ4n) is 3.98. The van der Waals surface area contributed by atoms with Gasteiger partial charge in [-0.1, -0.05) is 44.2 Å². The highest BCUT2D eigenvalue weighted by molar-refractivity contribution is 14.1. The summed E-state index contributed by atoms with van der Waals surface area (Å²) in [6.07, 6.45) is 1.64. The zero-order chi connectivity index (χ0) is 28.1. The van der Waals surface area contributed by atoms with Gasteiger partial charge in [-0.15, -0.1) is 0 Å². The van der Waals surface area contributed by atoms with Crippen molar-refractivity contribution < 1.29 is 28.6 Å². The second-order valence-corrected chi connectivity index (χ2v) is 11.3. The summed E-state index contributed by atoms with van der Waals surface area (Å²) < 4.78 is 17.7. The van der Waals surface area contributed by atoms with Crippen molar-refractivity contribution in [2.24, 2.45) is 0 Å². The smallest absolute Gasteiger partial charge is 0.343 e. The van der Waals surface area contributed by atoms with E-state index >= 15 is 0 Å². The molecule has 0 radical (unpaired) electrons. The average Bonchev–Trinajstić information content (AvgIpc) is 3.17. The molecular weight excluding hydrogens is 629 g/mol. The van der Waals surface area contributed by atoms with Crippen LogP contribution in [0.3, 0.4) is 0 Å². The van der Waals surface area contributed by atoms with Crippen LogP contribution in [0, 0.1) is 10.5 Å². The molecule has 202 valence electrons. The Morgan fingerprint density at radius 3 is 2.49 bits per heavy atom. The number of imide groups is 1. The van der Waals surface area contributed by atoms with Crippen molar-refractivity contribution in [2.45, 2.75) is 26.7 Å². The molecule has 3 aromatic rings. The highest BCUT2D eigenvalue weighted by Gasteiger charge is 2.35. The number of hydrogen-bond donors (Lipinski definition) is 0. The molecule has 3 aromatic carbocycles. The number of hydrogen-bond acceptors (Lipinski definition) is 7. The normalized spacial score (nSPS) is 14.3. The fraction of sp³-hybridized carbons (Fsp3) is 0.233. The van der Waals surface area contributed by atoms with Crippen LogP contribution in [-0.4, -0.2) is 42.3 Å². The second-order valence-electron chi connectivity index (χ2n) is 9.17. The van der Waals surface area contributed by atoms with Gasteiger partial charge >= 0.3 is 5.97 Å². The van der Waals surface area contributed by atoms with Crippen molar-refractivity contribution in [3.8, 4) is 17.2 Å². The molecule has 0 aliphatic carbocycles. The summed E-state index contributed by atoms with van der Waals surface area (Å²) in [5.74, 6) is 0.788. The van der Waals surface area contributed by atoms with Crippen LogP contribution in [-0.2, 0) is 4.79 Å². The summed E-state index contributed by atoms with van der Waals surface area (Å²) in [5.41, 5.74) is 3.21. The third-order valence-corrected chi connectivity index (χ3v) is 7.70. The molecule has 0 saturated carbocycles. The van der Waals surface area contributed by atoms with Gasteiger partial charge < -0.3 is 14.2 Å². The van der Waals surface area contributed by atoms with Gasteiger partial charge in [0.1, 0.15) is 12.4 Å². The van der Waals surface area contributed by atoms with Gasteiger partial charge in [0.25, 0.3) is 11.1 Å². The number of amides is 2. The summed E-state index contributed by atoms with van der Waals surface area (Å²) in [4.78, 5) is 39.8. The Labute approximate surface area is 245 Å². The maximum Gasteiger partial charge on any atom is 0.343 e. The number of carbonyl (C=O) groups is 3. The second kappa shape index (κ2) is 12.7. The quantitative estimate of drug-likeness (QED) is 0.105. The van der Waals surface area contributed by atoms with E-state index in [0.29, 0.717) is 25.4 Å². The number of thioether (sulfide) groups is 1. The monoisotopic (exact) mass is 657 g/mol. The number of halogens is 1. The van der Waals surface area contributed by atoms with Crippen LogP contribution in [0.25, 0.3) is 6.08 Å². The molecule has 0 spiro atoms. The van der Waals surface area contributed by atoms with E-state index in [4.69, 9.17) is 14.2 Å². The number of methoxy groups -OCH3 is 1. The van der Waals surface area contributed by atoms with Crippen LogP contribution >= 0.6 is 34.4 Å². The number of nitrogens with zero attached hydrogens (tertiary/aromatic N) is 1. The minimum absolute atomic E-state index is 0.142. The standard InChI is InChI=1S/C30H28INO6S/c1-18(2)22-11-10-19(3)14-24(22)37-13-12-32-28(33)26(39-30(32)35)17-20-15-23(31)27(25(16-20)36-4)38-29(34)21-8-6-5-7-9-21/h5-11,14-18H,12-13H2,1-4H3/b26-17-. The molecule has 0 bridgehead atoms. The van der Waals surface area contributed by atoms with E-state index in [1.54, 1.807) is 42.5 Å². The predicted octanol–water partition coefficient (Wildman–Crippen LogP) is 7.07. The van der Waals surface area contributed by atoms with Crippen LogP contribution < -0.4 is 14.2 Å². The lowest BCUT2D eigenvalue weighted by Crippen LogP contribution is -2.32. The van der Waals surface area contributed by atoms with Crippen LogP contribution in [0.5, 0.6) is 17.2 Å². The summed E-state index contributed by atoms with van der Waals surface area (Å²) in [6.45, 7) is 6.52. The Morgan fingerprint density at radius 2 is 1.79 bits per heavy atom. The lowest BCUT2D eigenvalue weighted by molar-refractivity contribution is -0.123. The van der Waals surface area contributed by atoms with Gasteiger partial charge in [-0.05, 0) is 100 Å². The average molecular weight is 658 g/mol. The van der Waals surface area contributed by atoms with Crippen molar-refractivity contribution in [1.82, 2.24) is 4.90 Å². The Kier molecular flexibility index (Phi) is 9.34. The van der Waals surface area contributed by atoms with E-state index in [2.05, 4.69) is 13.8 Å². The minimum atomic E-state index is -0.505. The lowest BCUT2D eigenvalue weighted by atomic mass is 10.0. The van der Waals surface area contributed by atoms with Crippen LogP contribution in [0.4, 0.5) is 4.79 Å². The summed E-state index contributed by atoms with van der Waals surface area (Å²) in [7, 11) is 1.47. The third-order valence-electron chi connectivity index (χ3n) is 5.99. The van der Waals surface area contributed by atoms with Crippen molar-refractivity contribution in [2.75, 3.05) is 20.3 Å². The molecule has 9 heteroatoms. The molecule has 1 heterocycles. The van der Waals surface area contributed by atoms with E-state index in [-0.39, 0.29) is 36.0 Å². The predicted molar refractivity (Wildman–Crippen MR) is 161 cm³/mol. The van der Waals surface area contributed by atoms with Gasteiger partial charge in [0.05, 0.1) is 27.7 Å². The molecule has 0 aromatic heterocycles. The Balaban J connectivity index is 1.47. The van der Waals surface area contributed by atoms with E-state index in [0.717, 1.165) is 28.6 Å². The molecule has 7 nitrogen and oxygen atoms in total. The molecule has 1 saturated heterocycles. The zero-order valence-electron chi connectivity index (χ0n) is 22.0. The van der Waals surface area contributed by atoms with Crippen molar-refractivity contribution >= 4 is 57.5 Å². The topological polar surface area (TPSA) is 82.1 Å². The molecular formula is C30H28INO6S. The molecule has 2 amide bonds. The maximum absolute atomic E-state index is 13.1. The molecule has 0 atom stereocenters. The first-order valence-corrected chi connectivity index (χ1v) is 14.2. The third kappa shape index (κ3) is 6.83. The first-order valence-electron chi connectivity index (χ1n) is 12.3. The van der Waals surface area contributed by atoms with Crippen molar-refractivity contribution in [3.63, 3.8) is 0 Å². The zero-order valence-corrected chi connectivity index (χ0v) is 25.0. The number of carbonyl (C=O) groups excluding carboxylic acids is 3. The highest BCUT2D eigenvalue weighted by atomic mass is 127. The van der Waals surface area contributed by atoms with Gasteiger partial charge in [0, 0.05) is 0 Å². The van der Waals surface area contributed by atoms with Gasteiger partial charge in [-0.2, -0.15) is 0 Å². The molecule has 39 heavy (non-hydrogen) atoms. The van der Waals surface area contributed by atoms with Gasteiger partial charge in [0.2, 0.25) is 0 Å². The highest BCUT2D eigenvalue weighted by Crippen LogP contribution is 2.38. The molecule has 1 aliphatic rings. The Morgan fingerprint density at radius 1 is 1.05 bits per heavy atom. The first-order chi connectivity index (χ1) is 18.7. The van der Waals surface area contributed by atoms with Crippen LogP contribution in [0.2, 0.25) is 0 Å². The van der Waals surface area contributed by atoms with Gasteiger partial charge in [-0.25, -0.2) is 4.79 Å². The Bertz CT molecular complexity index is 1440. The van der Waals surface area contributed by atoms with E-state index in [1.807, 2.05) is 53.8 Å². The lowest BCUT2D eigenvalue weighted by Gasteiger charge is -2.17. The van der Waals surface area contributed by atoms with Crippen molar-refractivity contribution in [3.05, 3.63) is 91.4 Å². The van der Waals surface area contributed by atoms with Gasteiger partial charge in [-0.3, -0.25) is 14.5 Å². The number of benzene rings is 3. The fourth-order valence-corrected chi connectivity index (χ4v) is 5.58.